The van der Waals surface area contributed by atoms with Crippen LogP contribution in [0.5, 0.6) is 17.2 Å². The molecule has 3 rings (SSSR count). The minimum Gasteiger partial charge on any atom is -0.467 e. The van der Waals surface area contributed by atoms with Crippen LogP contribution in [0.15, 0.2) is 39.9 Å². The number of halogens is 2. The minimum atomic E-state index is -2.94. The van der Waals surface area contributed by atoms with Crippen LogP contribution < -0.4 is 24.8 Å². The zero-order valence-electron chi connectivity index (χ0n) is 14.1. The van der Waals surface area contributed by atoms with Gasteiger partial charge in [0, 0.05) is 18.2 Å². The van der Waals surface area contributed by atoms with Gasteiger partial charge >= 0.3 is 6.61 Å². The summed E-state index contributed by atoms with van der Waals surface area (Å²) in [6.45, 7) is 0.237. The maximum absolute atomic E-state index is 12.7. The number of nitrogens with one attached hydrogen (secondary N) is 2. The van der Waals surface area contributed by atoms with E-state index in [0.717, 1.165) is 5.76 Å². The normalized spacial score (nSPS) is 13.2. The molecule has 0 saturated heterocycles. The molecule has 26 heavy (non-hydrogen) atoms. The van der Waals surface area contributed by atoms with Crippen molar-refractivity contribution in [3.8, 4) is 17.2 Å². The lowest BCUT2D eigenvalue weighted by atomic mass is 10.1. The van der Waals surface area contributed by atoms with Crippen molar-refractivity contribution in [1.29, 1.82) is 0 Å². The van der Waals surface area contributed by atoms with Crippen molar-refractivity contribution in [2.24, 2.45) is 4.99 Å². The smallest absolute Gasteiger partial charge is 0.387 e. The summed E-state index contributed by atoms with van der Waals surface area (Å²) in [6, 6.07) is 6.62. The zero-order chi connectivity index (χ0) is 18.4. The average molecular weight is 367 g/mol. The van der Waals surface area contributed by atoms with E-state index in [0.29, 0.717) is 36.1 Å². The Morgan fingerprint density at radius 2 is 2.08 bits per heavy atom. The second kappa shape index (κ2) is 8.41. The van der Waals surface area contributed by atoms with Gasteiger partial charge in [-0.15, -0.1) is 0 Å². The van der Waals surface area contributed by atoms with Crippen molar-refractivity contribution in [3.05, 3.63) is 41.9 Å². The van der Waals surface area contributed by atoms with Crippen LogP contribution in [-0.2, 0) is 13.1 Å². The summed E-state index contributed by atoms with van der Waals surface area (Å²) in [4.78, 5) is 4.41. The number of aliphatic imine (C=N–C) groups is 1. The molecule has 1 aromatic heterocycles. The third-order valence-electron chi connectivity index (χ3n) is 3.53. The second-order valence-corrected chi connectivity index (χ2v) is 5.32. The first-order valence-electron chi connectivity index (χ1n) is 8.07. The number of nitrogens with zero attached hydrogens (tertiary/aromatic N) is 1. The second-order valence-electron chi connectivity index (χ2n) is 5.32. The fraction of sp³-hybridized carbons (Fsp3) is 0.353. The molecule has 0 aliphatic carbocycles. The van der Waals surface area contributed by atoms with E-state index in [1.54, 1.807) is 18.4 Å². The van der Waals surface area contributed by atoms with Crippen molar-refractivity contribution >= 4 is 5.96 Å². The van der Waals surface area contributed by atoms with Crippen LogP contribution in [0.4, 0.5) is 8.78 Å². The molecule has 0 bridgehead atoms. The van der Waals surface area contributed by atoms with Gasteiger partial charge in [0.25, 0.3) is 0 Å². The van der Waals surface area contributed by atoms with Gasteiger partial charge in [0.1, 0.15) is 11.5 Å². The Bertz CT molecular complexity index is 751. The SMILES string of the molecule is CCNC(=NCc1cc2c(cc1OC(F)F)OCO2)NCc1ccco1. The van der Waals surface area contributed by atoms with Gasteiger partial charge in [0.05, 0.1) is 19.4 Å². The molecule has 0 saturated carbocycles. The molecule has 2 aromatic rings. The molecule has 0 amide bonds. The Hall–Kier alpha value is -2.97. The van der Waals surface area contributed by atoms with E-state index >= 15 is 0 Å². The fourth-order valence-corrected chi connectivity index (χ4v) is 2.38. The molecule has 0 radical (unpaired) electrons. The highest BCUT2D eigenvalue weighted by Crippen LogP contribution is 2.39. The lowest BCUT2D eigenvalue weighted by molar-refractivity contribution is -0.0505. The Labute approximate surface area is 148 Å². The van der Waals surface area contributed by atoms with E-state index in [1.165, 1.54) is 6.07 Å². The summed E-state index contributed by atoms with van der Waals surface area (Å²) in [6.07, 6.45) is 1.58. The van der Waals surface area contributed by atoms with Crippen molar-refractivity contribution in [3.63, 3.8) is 0 Å². The Morgan fingerprint density at radius 3 is 2.77 bits per heavy atom. The predicted octanol–water partition coefficient (Wildman–Crippen LogP) is 2.87. The van der Waals surface area contributed by atoms with Crippen LogP contribution in [0, 0.1) is 0 Å². The molecule has 7 nitrogen and oxygen atoms in total. The van der Waals surface area contributed by atoms with Crippen LogP contribution in [0.2, 0.25) is 0 Å². The third-order valence-corrected chi connectivity index (χ3v) is 3.53. The summed E-state index contributed by atoms with van der Waals surface area (Å²) < 4.78 is 45.7. The van der Waals surface area contributed by atoms with Gasteiger partial charge in [-0.2, -0.15) is 8.78 Å². The number of alkyl halides is 2. The van der Waals surface area contributed by atoms with Crippen LogP contribution in [-0.4, -0.2) is 25.9 Å². The van der Waals surface area contributed by atoms with E-state index in [2.05, 4.69) is 20.4 Å². The molecule has 0 atom stereocenters. The third kappa shape index (κ3) is 4.56. The van der Waals surface area contributed by atoms with Crippen molar-refractivity contribution < 1.29 is 27.4 Å². The van der Waals surface area contributed by atoms with Crippen LogP contribution >= 0.6 is 0 Å². The molecule has 0 unspecified atom stereocenters. The fourth-order valence-electron chi connectivity index (χ4n) is 2.38. The van der Waals surface area contributed by atoms with Crippen LogP contribution in [0.3, 0.4) is 0 Å². The standard InChI is InChI=1S/C17H19F2N3O4/c1-2-20-17(22-9-12-4-3-5-23-12)21-8-11-6-14-15(25-10-24-14)7-13(11)26-16(18)19/h3-7,16H,2,8-10H2,1H3,(H2,20,21,22). The zero-order valence-corrected chi connectivity index (χ0v) is 14.1. The van der Waals surface area contributed by atoms with Gasteiger partial charge in [0.15, 0.2) is 17.5 Å². The van der Waals surface area contributed by atoms with E-state index in [1.807, 2.05) is 13.0 Å². The van der Waals surface area contributed by atoms with Crippen molar-refractivity contribution in [2.45, 2.75) is 26.6 Å². The summed E-state index contributed by atoms with van der Waals surface area (Å²) in [5.41, 5.74) is 0.463. The lowest BCUT2D eigenvalue weighted by Crippen LogP contribution is -2.36. The highest BCUT2D eigenvalue weighted by atomic mass is 19.3. The van der Waals surface area contributed by atoms with Crippen molar-refractivity contribution in [1.82, 2.24) is 10.6 Å². The first kappa shape index (κ1) is 17.8. The number of ether oxygens (including phenoxy) is 3. The quantitative estimate of drug-likeness (QED) is 0.579. The molecule has 1 aromatic carbocycles. The molecule has 2 heterocycles. The van der Waals surface area contributed by atoms with E-state index < -0.39 is 6.61 Å². The Morgan fingerprint density at radius 1 is 1.27 bits per heavy atom. The molecule has 1 aliphatic heterocycles. The summed E-state index contributed by atoms with van der Waals surface area (Å²) >= 11 is 0. The molecular weight excluding hydrogens is 348 g/mol. The van der Waals surface area contributed by atoms with Gasteiger partial charge in [-0.1, -0.05) is 0 Å². The van der Waals surface area contributed by atoms with Gasteiger partial charge in [-0.25, -0.2) is 4.99 Å². The summed E-state index contributed by atoms with van der Waals surface area (Å²) in [7, 11) is 0. The largest absolute Gasteiger partial charge is 0.467 e. The number of hydrogen-bond donors (Lipinski definition) is 2. The maximum atomic E-state index is 12.7. The van der Waals surface area contributed by atoms with Crippen LogP contribution in [0.25, 0.3) is 0 Å². The number of fused-ring (bicyclic) bond motifs is 1. The van der Waals surface area contributed by atoms with Crippen molar-refractivity contribution in [2.75, 3.05) is 13.3 Å². The topological polar surface area (TPSA) is 77.3 Å². The molecule has 0 spiro atoms. The number of benzene rings is 1. The van der Waals surface area contributed by atoms with E-state index in [-0.39, 0.29) is 19.1 Å². The van der Waals surface area contributed by atoms with Gasteiger partial charge in [-0.3, -0.25) is 0 Å². The van der Waals surface area contributed by atoms with E-state index in [9.17, 15) is 8.78 Å². The molecule has 0 fully saturated rings. The molecule has 140 valence electrons. The molecule has 9 heteroatoms. The number of rotatable bonds is 7. The lowest BCUT2D eigenvalue weighted by Gasteiger charge is -2.13. The summed E-state index contributed by atoms with van der Waals surface area (Å²) in [5, 5.41) is 6.19. The Kier molecular flexibility index (Phi) is 5.77. The molecule has 1 aliphatic rings. The van der Waals surface area contributed by atoms with Gasteiger partial charge in [-0.05, 0) is 25.1 Å². The number of guanidine groups is 1. The average Bonchev–Trinajstić information content (AvgIpc) is 3.27. The molecular formula is C17H19F2N3O4. The highest BCUT2D eigenvalue weighted by Gasteiger charge is 2.20. The maximum Gasteiger partial charge on any atom is 0.387 e. The number of hydrogen-bond acceptors (Lipinski definition) is 5. The van der Waals surface area contributed by atoms with Gasteiger partial charge < -0.3 is 29.3 Å². The number of furan rings is 1. The highest BCUT2D eigenvalue weighted by molar-refractivity contribution is 5.79. The first-order valence-corrected chi connectivity index (χ1v) is 8.07. The summed E-state index contributed by atoms with van der Waals surface area (Å²) in [5.74, 6) is 2.13. The minimum absolute atomic E-state index is 0.00915. The first-order chi connectivity index (χ1) is 12.7. The predicted molar refractivity (Wildman–Crippen MR) is 89.6 cm³/mol. The Balaban J connectivity index is 1.75. The van der Waals surface area contributed by atoms with Crippen LogP contribution in [0.1, 0.15) is 18.2 Å². The van der Waals surface area contributed by atoms with Gasteiger partial charge in [0.2, 0.25) is 6.79 Å². The monoisotopic (exact) mass is 367 g/mol. The molecule has 2 N–H and O–H groups in total. The van der Waals surface area contributed by atoms with E-state index in [4.69, 9.17) is 13.9 Å².